The molecular formula is C14H27N3O. The van der Waals surface area contributed by atoms with Gasteiger partial charge in [0.25, 0.3) is 0 Å². The van der Waals surface area contributed by atoms with Gasteiger partial charge >= 0.3 is 6.03 Å². The van der Waals surface area contributed by atoms with E-state index in [1.165, 1.54) is 32.1 Å². The van der Waals surface area contributed by atoms with Gasteiger partial charge in [0.15, 0.2) is 0 Å². The molecule has 2 heterocycles. The van der Waals surface area contributed by atoms with Crippen LogP contribution in [0.1, 0.15) is 38.5 Å². The molecule has 0 spiro atoms. The lowest BCUT2D eigenvalue weighted by molar-refractivity contribution is 0.113. The molecule has 2 aliphatic rings. The summed E-state index contributed by atoms with van der Waals surface area (Å²) in [5.41, 5.74) is 0. The molecule has 2 fully saturated rings. The lowest BCUT2D eigenvalue weighted by Gasteiger charge is -2.38. The van der Waals surface area contributed by atoms with Crippen LogP contribution in [0, 0.1) is 0 Å². The van der Waals surface area contributed by atoms with E-state index in [1.54, 1.807) is 0 Å². The Morgan fingerprint density at radius 2 is 1.56 bits per heavy atom. The van der Waals surface area contributed by atoms with Crippen molar-refractivity contribution >= 4 is 6.03 Å². The summed E-state index contributed by atoms with van der Waals surface area (Å²) in [6, 6.07) is 0.818. The Balaban J connectivity index is 1.90. The zero-order valence-electron chi connectivity index (χ0n) is 11.9. The maximum Gasteiger partial charge on any atom is 0.320 e. The summed E-state index contributed by atoms with van der Waals surface area (Å²) in [7, 11) is 4.23. The van der Waals surface area contributed by atoms with Crippen LogP contribution in [0.2, 0.25) is 0 Å². The Morgan fingerprint density at radius 3 is 2.17 bits per heavy atom. The smallest absolute Gasteiger partial charge is 0.320 e. The summed E-state index contributed by atoms with van der Waals surface area (Å²) in [5.74, 6) is 0. The molecule has 4 heteroatoms. The molecule has 104 valence electrons. The standard InChI is InChI=1S/C14H27N3O/c1-15(2)13-8-7-11-17(12-13)14(18)16-9-5-3-4-6-10-16/h13H,3-12H2,1-2H3. The maximum absolute atomic E-state index is 12.5. The van der Waals surface area contributed by atoms with Crippen molar-refractivity contribution in [2.24, 2.45) is 0 Å². The van der Waals surface area contributed by atoms with Gasteiger partial charge in [-0.2, -0.15) is 0 Å². The molecule has 0 bridgehead atoms. The molecule has 0 saturated carbocycles. The Hall–Kier alpha value is -0.770. The average molecular weight is 253 g/mol. The normalized spacial score (nSPS) is 26.3. The number of likely N-dealkylation sites (N-methyl/N-ethyl adjacent to an activating group) is 1. The van der Waals surface area contributed by atoms with Crippen LogP contribution in [0.3, 0.4) is 0 Å². The minimum Gasteiger partial charge on any atom is -0.325 e. The van der Waals surface area contributed by atoms with E-state index in [0.29, 0.717) is 6.04 Å². The predicted octanol–water partition coefficient (Wildman–Crippen LogP) is 2.01. The molecule has 2 amide bonds. The van der Waals surface area contributed by atoms with Crippen LogP contribution in [-0.4, -0.2) is 67.0 Å². The Kier molecular flexibility index (Phi) is 4.87. The number of carbonyl (C=O) groups excluding carboxylic acids is 1. The molecule has 2 aliphatic heterocycles. The van der Waals surface area contributed by atoms with Crippen LogP contribution < -0.4 is 0 Å². The Morgan fingerprint density at radius 1 is 0.944 bits per heavy atom. The number of hydrogen-bond acceptors (Lipinski definition) is 2. The number of amides is 2. The Bertz CT molecular complexity index is 272. The summed E-state index contributed by atoms with van der Waals surface area (Å²) in [5, 5.41) is 0. The van der Waals surface area contributed by atoms with E-state index in [2.05, 4.69) is 28.8 Å². The summed E-state index contributed by atoms with van der Waals surface area (Å²) in [4.78, 5) is 18.9. The Labute approximate surface area is 111 Å². The zero-order chi connectivity index (χ0) is 13.0. The van der Waals surface area contributed by atoms with Crippen LogP contribution in [0.25, 0.3) is 0 Å². The van der Waals surface area contributed by atoms with Gasteiger partial charge in [-0.3, -0.25) is 0 Å². The summed E-state index contributed by atoms with van der Waals surface area (Å²) in [6.07, 6.45) is 7.28. The van der Waals surface area contributed by atoms with Gasteiger partial charge in [-0.15, -0.1) is 0 Å². The second-order valence-electron chi connectivity index (χ2n) is 5.89. The van der Waals surface area contributed by atoms with E-state index in [-0.39, 0.29) is 6.03 Å². The summed E-state index contributed by atoms with van der Waals surface area (Å²) in [6.45, 7) is 3.77. The van der Waals surface area contributed by atoms with Gasteiger partial charge in [0.05, 0.1) is 0 Å². The number of carbonyl (C=O) groups is 1. The number of nitrogens with zero attached hydrogens (tertiary/aromatic N) is 3. The highest BCUT2D eigenvalue weighted by atomic mass is 16.2. The van der Waals surface area contributed by atoms with Crippen molar-refractivity contribution in [2.45, 2.75) is 44.6 Å². The van der Waals surface area contributed by atoms with E-state index in [1.807, 2.05) is 0 Å². The second kappa shape index (κ2) is 6.41. The third-order valence-electron chi connectivity index (χ3n) is 4.27. The first-order chi connectivity index (χ1) is 8.68. The van der Waals surface area contributed by atoms with Crippen molar-refractivity contribution in [2.75, 3.05) is 40.3 Å². The maximum atomic E-state index is 12.5. The first-order valence-electron chi connectivity index (χ1n) is 7.39. The van der Waals surface area contributed by atoms with Crippen LogP contribution >= 0.6 is 0 Å². The molecule has 0 aromatic heterocycles. The van der Waals surface area contributed by atoms with E-state index >= 15 is 0 Å². The molecular weight excluding hydrogens is 226 g/mol. The third-order valence-corrected chi connectivity index (χ3v) is 4.27. The molecule has 2 saturated heterocycles. The highest BCUT2D eigenvalue weighted by molar-refractivity contribution is 5.74. The quantitative estimate of drug-likeness (QED) is 0.714. The largest absolute Gasteiger partial charge is 0.325 e. The minimum absolute atomic E-state index is 0.281. The predicted molar refractivity (Wildman–Crippen MR) is 73.7 cm³/mol. The number of hydrogen-bond donors (Lipinski definition) is 0. The average Bonchev–Trinajstić information content (AvgIpc) is 2.67. The lowest BCUT2D eigenvalue weighted by atomic mass is 10.1. The first-order valence-corrected chi connectivity index (χ1v) is 7.39. The third kappa shape index (κ3) is 3.37. The van der Waals surface area contributed by atoms with Gasteiger partial charge in [-0.1, -0.05) is 12.8 Å². The fourth-order valence-corrected chi connectivity index (χ4v) is 3.01. The number of rotatable bonds is 1. The highest BCUT2D eigenvalue weighted by Gasteiger charge is 2.28. The van der Waals surface area contributed by atoms with Crippen molar-refractivity contribution in [3.8, 4) is 0 Å². The van der Waals surface area contributed by atoms with Crippen molar-refractivity contribution in [1.29, 1.82) is 0 Å². The molecule has 0 N–H and O–H groups in total. The first kappa shape index (κ1) is 13.7. The van der Waals surface area contributed by atoms with E-state index < -0.39 is 0 Å². The molecule has 0 aromatic rings. The van der Waals surface area contributed by atoms with Crippen molar-refractivity contribution in [3.05, 3.63) is 0 Å². The van der Waals surface area contributed by atoms with E-state index in [9.17, 15) is 4.79 Å². The number of urea groups is 1. The van der Waals surface area contributed by atoms with Crippen LogP contribution in [0.4, 0.5) is 4.79 Å². The van der Waals surface area contributed by atoms with Crippen molar-refractivity contribution in [3.63, 3.8) is 0 Å². The number of piperidine rings is 1. The molecule has 18 heavy (non-hydrogen) atoms. The fourth-order valence-electron chi connectivity index (χ4n) is 3.01. The van der Waals surface area contributed by atoms with Crippen LogP contribution in [0.5, 0.6) is 0 Å². The van der Waals surface area contributed by atoms with Gasteiger partial charge in [0.1, 0.15) is 0 Å². The van der Waals surface area contributed by atoms with Gasteiger partial charge in [0, 0.05) is 32.2 Å². The molecule has 0 aromatic carbocycles. The van der Waals surface area contributed by atoms with Crippen LogP contribution in [0.15, 0.2) is 0 Å². The van der Waals surface area contributed by atoms with Crippen molar-refractivity contribution in [1.82, 2.24) is 14.7 Å². The molecule has 0 aliphatic carbocycles. The second-order valence-corrected chi connectivity index (χ2v) is 5.89. The van der Waals surface area contributed by atoms with E-state index in [4.69, 9.17) is 0 Å². The molecule has 1 atom stereocenters. The molecule has 0 radical (unpaired) electrons. The van der Waals surface area contributed by atoms with Gasteiger partial charge in [0.2, 0.25) is 0 Å². The topological polar surface area (TPSA) is 26.8 Å². The van der Waals surface area contributed by atoms with Gasteiger partial charge in [-0.25, -0.2) is 4.79 Å². The van der Waals surface area contributed by atoms with Gasteiger partial charge < -0.3 is 14.7 Å². The van der Waals surface area contributed by atoms with E-state index in [0.717, 1.165) is 32.6 Å². The van der Waals surface area contributed by atoms with Crippen LogP contribution in [-0.2, 0) is 0 Å². The fraction of sp³-hybridized carbons (Fsp3) is 0.929. The lowest BCUT2D eigenvalue weighted by Crippen LogP contribution is -2.52. The summed E-state index contributed by atoms with van der Waals surface area (Å²) >= 11 is 0. The van der Waals surface area contributed by atoms with Gasteiger partial charge in [-0.05, 0) is 39.8 Å². The summed E-state index contributed by atoms with van der Waals surface area (Å²) < 4.78 is 0. The SMILES string of the molecule is CN(C)C1CCCN(C(=O)N2CCCCCC2)C1. The molecule has 1 unspecified atom stereocenters. The molecule has 2 rings (SSSR count). The van der Waals surface area contributed by atoms with Crippen molar-refractivity contribution < 1.29 is 4.79 Å². The minimum atomic E-state index is 0.281. The molecule has 4 nitrogen and oxygen atoms in total. The highest BCUT2D eigenvalue weighted by Crippen LogP contribution is 2.17. The number of likely N-dealkylation sites (tertiary alicyclic amines) is 2. The zero-order valence-corrected chi connectivity index (χ0v) is 11.9. The monoisotopic (exact) mass is 253 g/mol.